The molecule has 1 aliphatic heterocycles. The first-order valence-corrected chi connectivity index (χ1v) is 18.1. The first kappa shape index (κ1) is 50.6. The van der Waals surface area contributed by atoms with Crippen LogP contribution in [0.3, 0.4) is 0 Å². The van der Waals surface area contributed by atoms with Gasteiger partial charge in [-0.25, -0.2) is 0 Å². The molecule has 299 valence electrons. The molecule has 0 unspecified atom stereocenters. The zero-order chi connectivity index (χ0) is 40.6. The molecule has 0 saturated carbocycles. The molecule has 0 spiro atoms. The molecule has 0 bridgehead atoms. The third-order valence-corrected chi connectivity index (χ3v) is 4.35. The number of aromatic nitrogens is 3. The average Bonchev–Trinajstić information content (AvgIpc) is 2.89. The fourth-order valence-corrected chi connectivity index (χ4v) is 2.73. The molecular formula is C22H18F18N4O4P3Ru. The van der Waals surface area contributed by atoms with Gasteiger partial charge < -0.3 is 10.2 Å². The average molecular weight is 938 g/mol. The quantitative estimate of drug-likeness (QED) is 0.115. The van der Waals surface area contributed by atoms with Crippen molar-refractivity contribution in [3.05, 3.63) is 91.2 Å². The third kappa shape index (κ3) is 34.9. The van der Waals surface area contributed by atoms with Crippen LogP contribution in [0.4, 0.5) is 75.5 Å². The molecule has 3 aromatic rings. The van der Waals surface area contributed by atoms with E-state index < -0.39 is 40.8 Å². The summed E-state index contributed by atoms with van der Waals surface area (Å²) in [5.74, 6) is -2.82. The van der Waals surface area contributed by atoms with E-state index in [1.807, 2.05) is 36.4 Å². The Morgan fingerprint density at radius 2 is 0.788 bits per heavy atom. The molecule has 0 fully saturated rings. The monoisotopic (exact) mass is 939 g/mol. The molecule has 8 nitrogen and oxygen atoms in total. The largest absolute Gasteiger partial charge is 3.00 e. The van der Waals surface area contributed by atoms with E-state index in [0.717, 1.165) is 17.5 Å². The van der Waals surface area contributed by atoms with Crippen molar-refractivity contribution >= 4 is 41.1 Å². The summed E-state index contributed by atoms with van der Waals surface area (Å²) in [6.07, 6.45) is 7.15. The standard InChI is InChI=1S/C12H10N2O4.C10H8N2.3F6P.Ru/c15-10(16)12(11(17)18)4-6-14-9(7-12)8-3-1-2-5-13-8;1-3-7-11-9(5-1)10-6-2-4-8-12-10;3*1-7(2,3,4,5)6;/h1-6H,7H2,(H,15,16)(H,17,18);1-8H;;;;/q;;3*-1;+3. The minimum atomic E-state index is -10.7. The maximum Gasteiger partial charge on any atom is 3.00 e. The van der Waals surface area contributed by atoms with Gasteiger partial charge in [0.15, 0.2) is 5.41 Å². The van der Waals surface area contributed by atoms with Gasteiger partial charge in [0.2, 0.25) is 0 Å². The number of aliphatic imine (C=N–C) groups is 1. The van der Waals surface area contributed by atoms with Crippen molar-refractivity contribution in [2.24, 2.45) is 10.4 Å². The Morgan fingerprint density at radius 1 is 0.519 bits per heavy atom. The summed E-state index contributed by atoms with van der Waals surface area (Å²) in [7, 11) is -32.0. The molecule has 4 rings (SSSR count). The number of carboxylic acids is 2. The van der Waals surface area contributed by atoms with Crippen LogP contribution in [-0.2, 0) is 29.1 Å². The van der Waals surface area contributed by atoms with Crippen molar-refractivity contribution in [1.29, 1.82) is 0 Å². The van der Waals surface area contributed by atoms with E-state index in [4.69, 9.17) is 10.2 Å². The summed E-state index contributed by atoms with van der Waals surface area (Å²) in [6, 6.07) is 16.7. The van der Waals surface area contributed by atoms with Gasteiger partial charge in [0.1, 0.15) is 0 Å². The second kappa shape index (κ2) is 14.4. The Bertz CT molecular complexity index is 1580. The first-order valence-electron chi connectivity index (χ1n) is 12.0. The van der Waals surface area contributed by atoms with Crippen molar-refractivity contribution in [1.82, 2.24) is 15.0 Å². The molecule has 3 aromatic heterocycles. The van der Waals surface area contributed by atoms with Gasteiger partial charge in [-0.3, -0.25) is 29.5 Å². The zero-order valence-corrected chi connectivity index (χ0v) is 28.7. The van der Waals surface area contributed by atoms with Crippen LogP contribution in [-0.4, -0.2) is 42.8 Å². The van der Waals surface area contributed by atoms with Gasteiger partial charge in [0.25, 0.3) is 0 Å². The topological polar surface area (TPSA) is 126 Å². The number of hydrogen-bond donors (Lipinski definition) is 2. The van der Waals surface area contributed by atoms with Crippen LogP contribution in [0.25, 0.3) is 11.4 Å². The molecular weight excluding hydrogens is 920 g/mol. The van der Waals surface area contributed by atoms with E-state index in [9.17, 15) is 85.1 Å². The van der Waals surface area contributed by atoms with E-state index >= 15 is 0 Å². The van der Waals surface area contributed by atoms with Crippen LogP contribution in [0, 0.1) is 5.41 Å². The summed E-state index contributed by atoms with van der Waals surface area (Å²) in [5, 5.41) is 18.2. The predicted molar refractivity (Wildman–Crippen MR) is 150 cm³/mol. The molecule has 1 aliphatic rings. The van der Waals surface area contributed by atoms with Crippen LogP contribution >= 0.6 is 23.4 Å². The molecule has 52 heavy (non-hydrogen) atoms. The maximum atomic E-state index is 11.2. The van der Waals surface area contributed by atoms with Crippen LogP contribution in [0.2, 0.25) is 0 Å². The Labute approximate surface area is 290 Å². The Hall–Kier alpha value is -3.55. The molecule has 1 radical (unpaired) electrons. The predicted octanol–water partition coefficient (Wildman–Crippen LogP) is 13.2. The number of pyridine rings is 3. The van der Waals surface area contributed by atoms with Crippen LogP contribution in [0.1, 0.15) is 12.1 Å². The van der Waals surface area contributed by atoms with Gasteiger partial charge >= 0.3 is 130 Å². The number of carbonyl (C=O) groups is 2. The van der Waals surface area contributed by atoms with E-state index in [-0.39, 0.29) is 25.9 Å². The second-order valence-electron chi connectivity index (χ2n) is 9.17. The second-order valence-corrected chi connectivity index (χ2v) is 14.9. The van der Waals surface area contributed by atoms with Gasteiger partial charge in [-0.2, -0.15) is 0 Å². The molecule has 2 N–H and O–H groups in total. The van der Waals surface area contributed by atoms with E-state index in [1.54, 1.807) is 36.8 Å². The SMILES string of the molecule is F[P-](F)(F)(F)(F)F.F[P-](F)(F)(F)(F)F.F[P-](F)(F)(F)(F)F.O=C(O)C1(C(=O)O)C=CN=C(c2ccccn2)C1.[Ru+3].c1ccc(-c2ccccn2)nc1. The first-order chi connectivity index (χ1) is 21.9. The van der Waals surface area contributed by atoms with Crippen LogP contribution in [0.5, 0.6) is 0 Å². The molecule has 0 amide bonds. The summed E-state index contributed by atoms with van der Waals surface area (Å²) >= 11 is 0. The van der Waals surface area contributed by atoms with Gasteiger partial charge in [-0.1, -0.05) is 18.2 Å². The number of aliphatic carboxylic acids is 2. The molecule has 0 aromatic carbocycles. The molecule has 0 aliphatic carbocycles. The number of nitrogens with zero attached hydrogens (tertiary/aromatic N) is 4. The summed E-state index contributed by atoms with van der Waals surface area (Å²) in [5.41, 5.74) is 0.696. The number of carboxylic acid groups (broad SMARTS) is 2. The summed E-state index contributed by atoms with van der Waals surface area (Å²) in [4.78, 5) is 38.8. The van der Waals surface area contributed by atoms with Crippen molar-refractivity contribution in [3.63, 3.8) is 0 Å². The summed E-state index contributed by atoms with van der Waals surface area (Å²) in [6.45, 7) is 0. The Kier molecular flexibility index (Phi) is 14.0. The minimum Gasteiger partial charge on any atom is -0.480 e. The van der Waals surface area contributed by atoms with Crippen LogP contribution < -0.4 is 0 Å². The van der Waals surface area contributed by atoms with Gasteiger partial charge in [0, 0.05) is 31.2 Å². The molecule has 30 heteroatoms. The van der Waals surface area contributed by atoms with Crippen molar-refractivity contribution in [2.75, 3.05) is 0 Å². The van der Waals surface area contributed by atoms with Crippen molar-refractivity contribution in [3.8, 4) is 11.4 Å². The Morgan fingerprint density at radius 3 is 1.02 bits per heavy atom. The molecule has 0 saturated heterocycles. The smallest absolute Gasteiger partial charge is 0.480 e. The van der Waals surface area contributed by atoms with Crippen molar-refractivity contribution < 1.29 is 115 Å². The number of hydrogen-bond acceptors (Lipinski definition) is 6. The van der Waals surface area contributed by atoms with Crippen molar-refractivity contribution in [2.45, 2.75) is 6.42 Å². The van der Waals surface area contributed by atoms with E-state index in [1.165, 1.54) is 6.20 Å². The third-order valence-electron chi connectivity index (χ3n) is 4.35. The van der Waals surface area contributed by atoms with E-state index in [2.05, 4.69) is 19.9 Å². The van der Waals surface area contributed by atoms with Crippen LogP contribution in [0.15, 0.2) is 90.5 Å². The van der Waals surface area contributed by atoms with Gasteiger partial charge in [-0.05, 0) is 42.5 Å². The normalized spacial score (nSPS) is 17.5. The van der Waals surface area contributed by atoms with E-state index in [0.29, 0.717) is 11.4 Å². The fraction of sp³-hybridized carbons (Fsp3) is 0.0909. The van der Waals surface area contributed by atoms with Gasteiger partial charge in [0.05, 0.1) is 22.8 Å². The number of rotatable bonds is 4. The minimum absolute atomic E-state index is 0. The fourth-order valence-electron chi connectivity index (χ4n) is 2.73. The summed E-state index contributed by atoms with van der Waals surface area (Å²) < 4.78 is 178. The zero-order valence-electron chi connectivity index (χ0n) is 24.3. The Balaban J connectivity index is 0. The number of halogens is 18. The van der Waals surface area contributed by atoms with Gasteiger partial charge in [-0.15, -0.1) is 0 Å². The molecule has 0 atom stereocenters. The maximum absolute atomic E-state index is 11.2. The molecule has 4 heterocycles.